The molecule has 1 atom stereocenters. The molecule has 2 heterocycles. The maximum Gasteiger partial charge on any atom is 0.407 e. The van der Waals surface area contributed by atoms with E-state index in [1.54, 1.807) is 0 Å². The smallest absolute Gasteiger partial charge is 0.407 e. The van der Waals surface area contributed by atoms with E-state index in [9.17, 15) is 14.7 Å². The van der Waals surface area contributed by atoms with Crippen molar-refractivity contribution in [3.05, 3.63) is 21.5 Å². The molecular weight excluding hydrogens is 385 g/mol. The third-order valence-electron chi connectivity index (χ3n) is 3.67. The molecule has 0 bridgehead atoms. The van der Waals surface area contributed by atoms with Crippen molar-refractivity contribution >= 4 is 34.6 Å². The van der Waals surface area contributed by atoms with Crippen molar-refractivity contribution in [3.63, 3.8) is 0 Å². The van der Waals surface area contributed by atoms with Crippen molar-refractivity contribution in [2.24, 2.45) is 0 Å². The molecule has 0 aromatic carbocycles. The van der Waals surface area contributed by atoms with Crippen LogP contribution in [0.2, 0.25) is 0 Å². The lowest BCUT2D eigenvalue weighted by Crippen LogP contribution is -2.47. The summed E-state index contributed by atoms with van der Waals surface area (Å²) in [5.74, 6) is -0.0694. The number of fused-ring (bicyclic) bond motifs is 1. The van der Waals surface area contributed by atoms with Gasteiger partial charge in [0.15, 0.2) is 0 Å². The van der Waals surface area contributed by atoms with E-state index >= 15 is 0 Å². The zero-order valence-electron chi connectivity index (χ0n) is 12.4. The minimum atomic E-state index is -0.912. The number of nitrogens with zero attached hydrogens (tertiary/aromatic N) is 2. The Labute approximate surface area is 137 Å². The number of hydrogen-bond donors (Lipinski definition) is 2. The van der Waals surface area contributed by atoms with Crippen LogP contribution in [-0.2, 0) is 0 Å². The molecular formula is C14H20IN3O3. The maximum absolute atomic E-state index is 11.8. The number of halogens is 1. The number of amides is 2. The summed E-state index contributed by atoms with van der Waals surface area (Å²) in [4.78, 5) is 24.6. The van der Waals surface area contributed by atoms with Gasteiger partial charge in [0.25, 0.3) is 5.91 Å². The molecule has 1 aromatic rings. The van der Waals surface area contributed by atoms with E-state index in [0.29, 0.717) is 25.2 Å². The van der Waals surface area contributed by atoms with Gasteiger partial charge in [0.05, 0.1) is 6.04 Å². The summed E-state index contributed by atoms with van der Waals surface area (Å²) in [6.45, 7) is 6.62. The van der Waals surface area contributed by atoms with Crippen LogP contribution in [0.4, 0.5) is 4.79 Å². The predicted octanol–water partition coefficient (Wildman–Crippen LogP) is 2.55. The van der Waals surface area contributed by atoms with Crippen molar-refractivity contribution in [2.75, 3.05) is 13.1 Å². The fourth-order valence-electron chi connectivity index (χ4n) is 2.57. The summed E-state index contributed by atoms with van der Waals surface area (Å²) in [7, 11) is 0. The van der Waals surface area contributed by atoms with Gasteiger partial charge < -0.3 is 19.9 Å². The molecule has 0 unspecified atom stereocenters. The van der Waals surface area contributed by atoms with Crippen LogP contribution in [0.3, 0.4) is 0 Å². The second kappa shape index (κ2) is 5.86. The molecule has 7 heteroatoms. The fraction of sp³-hybridized carbons (Fsp3) is 0.571. The van der Waals surface area contributed by atoms with Gasteiger partial charge in [-0.25, -0.2) is 4.79 Å². The average molecular weight is 405 g/mol. The third kappa shape index (κ3) is 3.50. The van der Waals surface area contributed by atoms with E-state index in [-0.39, 0.29) is 11.9 Å². The summed E-state index contributed by atoms with van der Waals surface area (Å²) in [6, 6.07) is 1.94. The molecule has 1 aliphatic rings. The first-order valence-corrected chi connectivity index (χ1v) is 7.94. The predicted molar refractivity (Wildman–Crippen MR) is 87.6 cm³/mol. The summed E-state index contributed by atoms with van der Waals surface area (Å²) < 4.78 is 2.97. The normalized spacial score (nSPS) is 18.1. The van der Waals surface area contributed by atoms with E-state index in [4.69, 9.17) is 0 Å². The van der Waals surface area contributed by atoms with Crippen molar-refractivity contribution in [2.45, 2.75) is 38.8 Å². The van der Waals surface area contributed by atoms with Gasteiger partial charge >= 0.3 is 6.09 Å². The first-order chi connectivity index (χ1) is 9.70. The van der Waals surface area contributed by atoms with Gasteiger partial charge in [-0.2, -0.15) is 0 Å². The number of nitrogens with one attached hydrogen (secondary N) is 1. The first-order valence-electron chi connectivity index (χ1n) is 6.86. The largest absolute Gasteiger partial charge is 0.465 e. The molecule has 1 aliphatic heterocycles. The molecule has 6 nitrogen and oxygen atoms in total. The van der Waals surface area contributed by atoms with Crippen LogP contribution < -0.4 is 5.32 Å². The van der Waals surface area contributed by atoms with Gasteiger partial charge in [-0.3, -0.25) is 4.79 Å². The van der Waals surface area contributed by atoms with Gasteiger partial charge in [0.2, 0.25) is 0 Å². The van der Waals surface area contributed by atoms with Crippen LogP contribution in [0.15, 0.2) is 12.3 Å². The highest BCUT2D eigenvalue weighted by Crippen LogP contribution is 2.24. The first kappa shape index (κ1) is 16.1. The highest BCUT2D eigenvalue weighted by Gasteiger charge is 2.29. The van der Waals surface area contributed by atoms with Crippen molar-refractivity contribution in [1.82, 2.24) is 14.8 Å². The molecule has 116 valence electrons. The van der Waals surface area contributed by atoms with E-state index in [1.165, 1.54) is 4.90 Å². The van der Waals surface area contributed by atoms with Gasteiger partial charge in [-0.15, -0.1) is 0 Å². The molecule has 2 amide bonds. The van der Waals surface area contributed by atoms with E-state index in [2.05, 4.69) is 27.9 Å². The number of aromatic nitrogens is 1. The highest BCUT2D eigenvalue weighted by molar-refractivity contribution is 14.1. The number of carboxylic acid groups (broad SMARTS) is 1. The molecule has 2 rings (SSSR count). The second-order valence-electron chi connectivity index (χ2n) is 6.21. The zero-order valence-corrected chi connectivity index (χ0v) is 14.5. The van der Waals surface area contributed by atoms with E-state index in [0.717, 1.165) is 3.57 Å². The lowest BCUT2D eigenvalue weighted by molar-refractivity contribution is 0.0867. The van der Waals surface area contributed by atoms with Crippen molar-refractivity contribution in [3.8, 4) is 0 Å². The average Bonchev–Trinajstić information content (AvgIpc) is 2.72. The lowest BCUT2D eigenvalue weighted by atomic mass is 10.0. The topological polar surface area (TPSA) is 74.6 Å². The van der Waals surface area contributed by atoms with Gasteiger partial charge in [-0.05, 0) is 55.8 Å². The van der Waals surface area contributed by atoms with Crippen LogP contribution in [0.5, 0.6) is 0 Å². The van der Waals surface area contributed by atoms with Crippen molar-refractivity contribution in [1.29, 1.82) is 0 Å². The Morgan fingerprint density at radius 2 is 2.24 bits per heavy atom. The van der Waals surface area contributed by atoms with Crippen LogP contribution in [0.25, 0.3) is 0 Å². The molecule has 0 saturated carbocycles. The Bertz CT molecular complexity index is 562. The number of carbonyl (C=O) groups excluding carboxylic acids is 1. The van der Waals surface area contributed by atoms with Gasteiger partial charge in [0, 0.05) is 28.4 Å². The molecule has 0 spiro atoms. The van der Waals surface area contributed by atoms with Gasteiger partial charge in [0.1, 0.15) is 5.69 Å². The summed E-state index contributed by atoms with van der Waals surface area (Å²) >= 11 is 2.18. The van der Waals surface area contributed by atoms with Crippen molar-refractivity contribution < 1.29 is 14.7 Å². The summed E-state index contributed by atoms with van der Waals surface area (Å²) in [5, 5.41) is 12.2. The Hall–Kier alpha value is -1.25. The van der Waals surface area contributed by atoms with Crippen LogP contribution >= 0.6 is 22.6 Å². The Morgan fingerprint density at radius 3 is 2.81 bits per heavy atom. The van der Waals surface area contributed by atoms with Gasteiger partial charge in [-0.1, -0.05) is 0 Å². The van der Waals surface area contributed by atoms with E-state index in [1.807, 2.05) is 37.6 Å². The maximum atomic E-state index is 11.8. The molecule has 0 fully saturated rings. The number of carbonyl (C=O) groups is 2. The molecule has 2 N–H and O–H groups in total. The third-order valence-corrected chi connectivity index (χ3v) is 4.26. The molecule has 0 aliphatic carbocycles. The molecule has 0 radical (unpaired) electrons. The Balaban J connectivity index is 2.12. The monoisotopic (exact) mass is 405 g/mol. The molecule has 1 aromatic heterocycles. The summed E-state index contributed by atoms with van der Waals surface area (Å²) in [6.07, 6.45) is 1.70. The number of rotatable bonds is 3. The fourth-order valence-corrected chi connectivity index (χ4v) is 3.16. The Kier molecular flexibility index (Phi) is 4.50. The zero-order chi connectivity index (χ0) is 15.8. The molecule has 21 heavy (non-hydrogen) atoms. The Morgan fingerprint density at radius 1 is 1.57 bits per heavy atom. The van der Waals surface area contributed by atoms with Crippen LogP contribution in [0, 0.1) is 3.57 Å². The standard InChI is InChI=1S/C14H20IN3O3/c1-14(2,3)18(13(20)21)5-4-10-7-16-12(19)11-6-9(15)8-17(10)11/h6,8,10H,4-5,7H2,1-3H3,(H,16,19)(H,20,21)/t10-/m0/s1. The SMILES string of the molecule is CC(C)(C)N(CC[C@H]1CNC(=O)c2cc(I)cn21)C(=O)O. The highest BCUT2D eigenvalue weighted by atomic mass is 127. The number of hydrogen-bond acceptors (Lipinski definition) is 2. The minimum absolute atomic E-state index is 0.0694. The minimum Gasteiger partial charge on any atom is -0.465 e. The summed E-state index contributed by atoms with van der Waals surface area (Å²) in [5.41, 5.74) is 0.214. The van der Waals surface area contributed by atoms with Crippen LogP contribution in [-0.4, -0.2) is 45.2 Å². The quantitative estimate of drug-likeness (QED) is 0.760. The van der Waals surface area contributed by atoms with E-state index < -0.39 is 11.6 Å². The second-order valence-corrected chi connectivity index (χ2v) is 7.45. The van der Waals surface area contributed by atoms with Crippen LogP contribution in [0.1, 0.15) is 43.7 Å². The molecule has 0 saturated heterocycles. The lowest BCUT2D eigenvalue weighted by Gasteiger charge is -2.35.